The molecule has 1 saturated carbocycles. The second-order valence-electron chi connectivity index (χ2n) is 7.06. The number of nitrogens with one attached hydrogen (secondary N) is 1. The molecule has 1 saturated heterocycles. The zero-order chi connectivity index (χ0) is 16.9. The predicted octanol–water partition coefficient (Wildman–Crippen LogP) is 3.53. The van der Waals surface area contributed by atoms with Gasteiger partial charge in [-0.05, 0) is 24.3 Å². The maximum absolute atomic E-state index is 13.3. The summed E-state index contributed by atoms with van der Waals surface area (Å²) in [5.41, 5.74) is 1.32. The Kier molecular flexibility index (Phi) is 3.21. The third-order valence-corrected chi connectivity index (χ3v) is 5.45. The maximum Gasteiger partial charge on any atom is 0.266 e. The van der Waals surface area contributed by atoms with Crippen LogP contribution in [-0.4, -0.2) is 24.0 Å². The molecule has 0 bridgehead atoms. The highest BCUT2D eigenvalue weighted by molar-refractivity contribution is 5.94. The van der Waals surface area contributed by atoms with Crippen LogP contribution in [0, 0.1) is 17.8 Å². The van der Waals surface area contributed by atoms with Crippen molar-refractivity contribution in [2.24, 2.45) is 5.41 Å². The zero-order valence-electron chi connectivity index (χ0n) is 13.2. The van der Waals surface area contributed by atoms with Crippen LogP contribution < -0.4 is 10.5 Å². The Morgan fingerprint density at radius 1 is 1.17 bits per heavy atom. The molecular weight excluding hydrogens is 310 g/mol. The summed E-state index contributed by atoms with van der Waals surface area (Å²) < 4.78 is 26.6. The molecule has 0 amide bonds. The summed E-state index contributed by atoms with van der Waals surface area (Å²) in [5, 5.41) is 0.903. The highest BCUT2D eigenvalue weighted by atomic mass is 19.3. The Bertz CT molecular complexity index is 892. The number of H-pyrrole nitrogens is 1. The lowest BCUT2D eigenvalue weighted by Gasteiger charge is -2.52. The van der Waals surface area contributed by atoms with E-state index in [4.69, 9.17) is 6.42 Å². The van der Waals surface area contributed by atoms with E-state index in [1.807, 2.05) is 24.3 Å². The van der Waals surface area contributed by atoms with E-state index in [9.17, 15) is 13.6 Å². The number of aromatic nitrogens is 1. The first-order valence-corrected chi connectivity index (χ1v) is 8.18. The second kappa shape index (κ2) is 5.07. The molecule has 2 heterocycles. The molecule has 2 aliphatic rings. The standard InChI is InChI=1S/C19H18F2N2O/c1-2-13-16(14-5-3-4-6-15(14)22-17(13)24)23-9-7-18(8-10-23)11-19(20,21)12-18/h1,3-6H,7-12H2,(H,22,24). The van der Waals surface area contributed by atoms with E-state index < -0.39 is 5.92 Å². The zero-order valence-corrected chi connectivity index (χ0v) is 13.2. The van der Waals surface area contributed by atoms with Gasteiger partial charge in [-0.1, -0.05) is 24.1 Å². The normalized spacial score (nSPS) is 21.5. The summed E-state index contributed by atoms with van der Waals surface area (Å²) in [7, 11) is 0. The van der Waals surface area contributed by atoms with Gasteiger partial charge in [0.05, 0.1) is 11.2 Å². The molecule has 2 fully saturated rings. The van der Waals surface area contributed by atoms with Crippen LogP contribution in [0.1, 0.15) is 31.2 Å². The van der Waals surface area contributed by atoms with Gasteiger partial charge < -0.3 is 9.88 Å². The Morgan fingerprint density at radius 3 is 2.46 bits per heavy atom. The van der Waals surface area contributed by atoms with E-state index in [1.54, 1.807) is 0 Å². The van der Waals surface area contributed by atoms with Gasteiger partial charge in [-0.3, -0.25) is 4.79 Å². The molecule has 1 spiro atoms. The van der Waals surface area contributed by atoms with Crippen molar-refractivity contribution in [3.05, 3.63) is 40.2 Å². The molecule has 1 aromatic carbocycles. The van der Waals surface area contributed by atoms with Crippen LogP contribution in [0.25, 0.3) is 10.9 Å². The molecule has 3 nitrogen and oxygen atoms in total. The third kappa shape index (κ3) is 2.29. The number of piperidine rings is 1. The lowest BCUT2D eigenvalue weighted by atomic mass is 9.61. The van der Waals surface area contributed by atoms with Crippen molar-refractivity contribution >= 4 is 16.6 Å². The summed E-state index contributed by atoms with van der Waals surface area (Å²) >= 11 is 0. The van der Waals surface area contributed by atoms with Gasteiger partial charge in [0.15, 0.2) is 0 Å². The van der Waals surface area contributed by atoms with Gasteiger partial charge in [0.2, 0.25) is 5.92 Å². The minimum Gasteiger partial charge on any atom is -0.370 e. The van der Waals surface area contributed by atoms with Crippen LogP contribution in [0.15, 0.2) is 29.1 Å². The summed E-state index contributed by atoms with van der Waals surface area (Å²) in [6, 6.07) is 7.55. The van der Waals surface area contributed by atoms with E-state index >= 15 is 0 Å². The smallest absolute Gasteiger partial charge is 0.266 e. The quantitative estimate of drug-likeness (QED) is 0.813. The Labute approximate surface area is 138 Å². The van der Waals surface area contributed by atoms with Crippen molar-refractivity contribution in [2.75, 3.05) is 18.0 Å². The topological polar surface area (TPSA) is 36.1 Å². The van der Waals surface area contributed by atoms with Gasteiger partial charge in [-0.2, -0.15) is 0 Å². The number of fused-ring (bicyclic) bond motifs is 1. The highest BCUT2D eigenvalue weighted by Crippen LogP contribution is 2.57. The van der Waals surface area contributed by atoms with E-state index in [0.717, 1.165) is 16.6 Å². The summed E-state index contributed by atoms with van der Waals surface area (Å²) in [6.45, 7) is 1.30. The SMILES string of the molecule is C#Cc1c(N2CCC3(CC2)CC(F)(F)C3)c2ccccc2[nH]c1=O. The van der Waals surface area contributed by atoms with Crippen LogP contribution in [0.5, 0.6) is 0 Å². The number of hydrogen-bond acceptors (Lipinski definition) is 2. The number of alkyl halides is 2. The minimum absolute atomic E-state index is 0.00798. The van der Waals surface area contributed by atoms with E-state index in [-0.39, 0.29) is 23.8 Å². The fourth-order valence-electron chi connectivity index (χ4n) is 4.29. The molecule has 1 N–H and O–H groups in total. The van der Waals surface area contributed by atoms with Crippen molar-refractivity contribution in [3.8, 4) is 12.3 Å². The molecule has 1 aliphatic heterocycles. The van der Waals surface area contributed by atoms with Crippen LogP contribution in [-0.2, 0) is 0 Å². The van der Waals surface area contributed by atoms with Gasteiger partial charge in [-0.15, -0.1) is 6.42 Å². The number of aromatic amines is 1. The van der Waals surface area contributed by atoms with Gasteiger partial charge in [-0.25, -0.2) is 8.78 Å². The van der Waals surface area contributed by atoms with Gasteiger partial charge in [0.25, 0.3) is 5.56 Å². The summed E-state index contributed by atoms with van der Waals surface area (Å²) in [6.07, 6.45) is 7.00. The van der Waals surface area contributed by atoms with Crippen LogP contribution in [0.3, 0.4) is 0 Å². The molecule has 0 unspecified atom stereocenters. The average Bonchev–Trinajstić information content (AvgIpc) is 2.52. The molecule has 124 valence electrons. The monoisotopic (exact) mass is 328 g/mol. The number of hydrogen-bond donors (Lipinski definition) is 1. The van der Waals surface area contributed by atoms with Gasteiger partial charge in [0.1, 0.15) is 5.56 Å². The molecule has 1 aromatic heterocycles. The third-order valence-electron chi connectivity index (χ3n) is 5.45. The maximum atomic E-state index is 13.3. The molecule has 24 heavy (non-hydrogen) atoms. The van der Waals surface area contributed by atoms with E-state index in [1.165, 1.54) is 0 Å². The Hall–Kier alpha value is -2.35. The highest BCUT2D eigenvalue weighted by Gasteiger charge is 2.56. The summed E-state index contributed by atoms with van der Waals surface area (Å²) in [4.78, 5) is 17.2. The van der Waals surface area contributed by atoms with E-state index in [0.29, 0.717) is 31.5 Å². The Morgan fingerprint density at radius 2 is 1.83 bits per heavy atom. The summed E-state index contributed by atoms with van der Waals surface area (Å²) in [5.74, 6) is 0.0124. The predicted molar refractivity (Wildman–Crippen MR) is 90.6 cm³/mol. The van der Waals surface area contributed by atoms with Crippen molar-refractivity contribution in [3.63, 3.8) is 0 Å². The number of pyridine rings is 1. The first-order chi connectivity index (χ1) is 11.4. The number of para-hydroxylation sites is 1. The van der Waals surface area contributed by atoms with Crippen molar-refractivity contribution in [2.45, 2.75) is 31.6 Å². The first kappa shape index (κ1) is 15.2. The molecule has 2 aromatic rings. The van der Waals surface area contributed by atoms with Crippen LogP contribution in [0.4, 0.5) is 14.5 Å². The molecule has 4 rings (SSSR count). The number of halogens is 2. The lowest BCUT2D eigenvalue weighted by molar-refractivity contribution is -0.168. The van der Waals surface area contributed by atoms with Crippen molar-refractivity contribution in [1.82, 2.24) is 4.98 Å². The minimum atomic E-state index is -2.50. The number of benzene rings is 1. The number of terminal acetylenes is 1. The number of anilines is 1. The Balaban J connectivity index is 1.70. The molecule has 0 atom stereocenters. The van der Waals surface area contributed by atoms with Gasteiger partial charge in [0, 0.05) is 31.3 Å². The largest absolute Gasteiger partial charge is 0.370 e. The van der Waals surface area contributed by atoms with Gasteiger partial charge >= 0.3 is 0 Å². The second-order valence-corrected chi connectivity index (χ2v) is 7.06. The fourth-order valence-corrected chi connectivity index (χ4v) is 4.29. The molecule has 5 heteroatoms. The van der Waals surface area contributed by atoms with Crippen LogP contribution in [0.2, 0.25) is 0 Å². The molecule has 0 radical (unpaired) electrons. The molecular formula is C19H18F2N2O. The average molecular weight is 328 g/mol. The van der Waals surface area contributed by atoms with E-state index in [2.05, 4.69) is 15.8 Å². The van der Waals surface area contributed by atoms with Crippen LogP contribution >= 0.6 is 0 Å². The number of nitrogens with zero attached hydrogens (tertiary/aromatic N) is 1. The van der Waals surface area contributed by atoms with Crippen molar-refractivity contribution in [1.29, 1.82) is 0 Å². The lowest BCUT2D eigenvalue weighted by Crippen LogP contribution is -2.52. The number of rotatable bonds is 1. The van der Waals surface area contributed by atoms with Crippen molar-refractivity contribution < 1.29 is 8.78 Å². The first-order valence-electron chi connectivity index (χ1n) is 8.18. The fraction of sp³-hybridized carbons (Fsp3) is 0.421. The molecule has 1 aliphatic carbocycles.